The molecule has 5 aromatic rings. The molecule has 38 heavy (non-hydrogen) atoms. The molecule has 0 amide bonds. The smallest absolute Gasteiger partial charge is 0.266 e. The number of para-hydroxylation sites is 1. The predicted molar refractivity (Wildman–Crippen MR) is 145 cm³/mol. The van der Waals surface area contributed by atoms with Crippen LogP contribution in [0.4, 0.5) is 11.8 Å². The van der Waals surface area contributed by atoms with Gasteiger partial charge in [0.25, 0.3) is 5.56 Å². The van der Waals surface area contributed by atoms with Crippen LogP contribution in [-0.2, 0) is 7.05 Å². The molecule has 0 spiro atoms. The van der Waals surface area contributed by atoms with Gasteiger partial charge in [-0.15, -0.1) is 0 Å². The molecule has 188 valence electrons. The van der Waals surface area contributed by atoms with Crippen molar-refractivity contribution in [2.24, 2.45) is 7.05 Å². The van der Waals surface area contributed by atoms with Gasteiger partial charge in [0.2, 0.25) is 5.95 Å². The maximum absolute atomic E-state index is 14.4. The number of aryl methyl sites for hydroxylation is 2. The normalized spacial score (nSPS) is 15.2. The molecule has 1 saturated heterocycles. The van der Waals surface area contributed by atoms with Crippen LogP contribution in [-0.4, -0.2) is 35.8 Å². The Morgan fingerprint density at radius 1 is 1.08 bits per heavy atom. The first kappa shape index (κ1) is 23.4. The van der Waals surface area contributed by atoms with E-state index in [4.69, 9.17) is 10.7 Å². The predicted octanol–water partition coefficient (Wildman–Crippen LogP) is 3.68. The Bertz CT molecular complexity index is 1780. The third-order valence-electron chi connectivity index (χ3n) is 6.98. The average molecular weight is 504 g/mol. The lowest BCUT2D eigenvalue weighted by molar-refractivity contribution is 0.632. The Hall–Kier alpha value is -5.04. The van der Waals surface area contributed by atoms with Crippen molar-refractivity contribution in [2.45, 2.75) is 25.8 Å². The number of nitrogens with zero attached hydrogens (tertiary/aromatic N) is 8. The molecule has 10 nitrogen and oxygen atoms in total. The van der Waals surface area contributed by atoms with Crippen LogP contribution in [0.5, 0.6) is 0 Å². The summed E-state index contributed by atoms with van der Waals surface area (Å²) in [6, 6.07) is 17.1. The third kappa shape index (κ3) is 3.76. The van der Waals surface area contributed by atoms with Crippen LogP contribution in [0.3, 0.4) is 0 Å². The molecule has 3 aromatic heterocycles. The Labute approximate surface area is 218 Å². The second-order valence-corrected chi connectivity index (χ2v) is 9.38. The Morgan fingerprint density at radius 3 is 2.63 bits per heavy atom. The molecule has 1 unspecified atom stereocenters. The first-order valence-electron chi connectivity index (χ1n) is 12.4. The highest BCUT2D eigenvalue weighted by atomic mass is 16.1. The topological polar surface area (TPSA) is 132 Å². The highest BCUT2D eigenvalue weighted by Gasteiger charge is 2.34. The molecule has 0 saturated carbocycles. The van der Waals surface area contributed by atoms with Crippen LogP contribution in [0.25, 0.3) is 27.7 Å². The Kier molecular flexibility index (Phi) is 5.61. The van der Waals surface area contributed by atoms with Gasteiger partial charge in [-0.05, 0) is 43.5 Å². The van der Waals surface area contributed by atoms with E-state index in [1.54, 1.807) is 22.4 Å². The third-order valence-corrected chi connectivity index (χ3v) is 6.98. The molecule has 0 radical (unpaired) electrons. The van der Waals surface area contributed by atoms with Gasteiger partial charge in [0.05, 0.1) is 34.5 Å². The van der Waals surface area contributed by atoms with Crippen LogP contribution in [0.1, 0.15) is 36.0 Å². The number of nitrogen functional groups attached to an aromatic ring is 1. The van der Waals surface area contributed by atoms with Gasteiger partial charge in [0.1, 0.15) is 17.5 Å². The van der Waals surface area contributed by atoms with Gasteiger partial charge in [0, 0.05) is 25.4 Å². The van der Waals surface area contributed by atoms with Crippen molar-refractivity contribution < 1.29 is 0 Å². The van der Waals surface area contributed by atoms with Crippen molar-refractivity contribution in [1.29, 1.82) is 5.26 Å². The maximum atomic E-state index is 14.4. The van der Waals surface area contributed by atoms with Gasteiger partial charge in [-0.3, -0.25) is 14.0 Å². The number of fused-ring (bicyclic) bond motifs is 1. The van der Waals surface area contributed by atoms with Crippen molar-refractivity contribution in [3.63, 3.8) is 0 Å². The number of benzene rings is 2. The number of hydrogen-bond donors (Lipinski definition) is 1. The molecule has 0 aliphatic carbocycles. The minimum atomic E-state index is -0.296. The van der Waals surface area contributed by atoms with Crippen molar-refractivity contribution in [1.82, 2.24) is 29.3 Å². The number of rotatable bonds is 4. The molecule has 2 aromatic carbocycles. The summed E-state index contributed by atoms with van der Waals surface area (Å²) in [5.41, 5.74) is 9.66. The maximum Gasteiger partial charge on any atom is 0.266 e. The summed E-state index contributed by atoms with van der Waals surface area (Å²) in [4.78, 5) is 30.1. The number of nitrogens with two attached hydrogens (primary N) is 1. The highest BCUT2D eigenvalue weighted by Crippen LogP contribution is 2.38. The molecular weight excluding hydrogens is 478 g/mol. The van der Waals surface area contributed by atoms with Crippen LogP contribution in [0.15, 0.2) is 65.7 Å². The van der Waals surface area contributed by atoms with Crippen molar-refractivity contribution in [2.75, 3.05) is 17.2 Å². The van der Waals surface area contributed by atoms with E-state index in [1.165, 1.54) is 0 Å². The fourth-order valence-electron chi connectivity index (χ4n) is 5.30. The SMILES string of the molecule is Cc1nc(N)nc(N2CCCC2c2nc3cccc(-c4cnn(C)c4)c3c(=O)n2-c2ccccc2)c1C#N. The summed E-state index contributed by atoms with van der Waals surface area (Å²) < 4.78 is 3.40. The minimum Gasteiger partial charge on any atom is -0.368 e. The van der Waals surface area contributed by atoms with E-state index >= 15 is 0 Å². The number of nitriles is 1. The molecule has 1 aliphatic heterocycles. The van der Waals surface area contributed by atoms with E-state index < -0.39 is 0 Å². The summed E-state index contributed by atoms with van der Waals surface area (Å²) in [6.45, 7) is 2.40. The van der Waals surface area contributed by atoms with E-state index in [-0.39, 0.29) is 17.5 Å². The average Bonchev–Trinajstić information content (AvgIpc) is 3.57. The van der Waals surface area contributed by atoms with Gasteiger partial charge in [-0.1, -0.05) is 30.3 Å². The molecular formula is C28H25N9O. The molecule has 10 heteroatoms. The first-order chi connectivity index (χ1) is 18.5. The summed E-state index contributed by atoms with van der Waals surface area (Å²) >= 11 is 0. The van der Waals surface area contributed by atoms with Gasteiger partial charge in [0.15, 0.2) is 5.82 Å². The van der Waals surface area contributed by atoms with E-state index in [9.17, 15) is 10.1 Å². The molecule has 0 bridgehead atoms. The lowest BCUT2D eigenvalue weighted by atomic mass is 10.0. The van der Waals surface area contributed by atoms with E-state index in [0.29, 0.717) is 46.0 Å². The fourth-order valence-corrected chi connectivity index (χ4v) is 5.30. The van der Waals surface area contributed by atoms with E-state index in [1.807, 2.05) is 66.7 Å². The molecule has 1 fully saturated rings. The van der Waals surface area contributed by atoms with Crippen LogP contribution >= 0.6 is 0 Å². The van der Waals surface area contributed by atoms with Crippen LogP contribution < -0.4 is 16.2 Å². The molecule has 1 aliphatic rings. The standard InChI is InChI=1S/C28H25N9O/c1-17-21(14-29)25(34-28(30)32-17)36-13-7-12-23(36)26-33-22-11-6-10-20(18-15-31-35(2)16-18)24(22)27(38)37(26)19-8-4-3-5-9-19/h3-6,8-11,15-16,23H,7,12-13H2,1-2H3,(H2,30,32,34). The van der Waals surface area contributed by atoms with Gasteiger partial charge in [-0.25, -0.2) is 9.97 Å². The Balaban J connectivity index is 1.63. The van der Waals surface area contributed by atoms with Crippen LogP contribution in [0, 0.1) is 18.3 Å². The monoisotopic (exact) mass is 503 g/mol. The quantitative estimate of drug-likeness (QED) is 0.393. The van der Waals surface area contributed by atoms with Crippen molar-refractivity contribution in [3.8, 4) is 22.9 Å². The lowest BCUT2D eigenvalue weighted by Crippen LogP contribution is -2.32. The number of anilines is 2. The van der Waals surface area contributed by atoms with E-state index in [0.717, 1.165) is 24.0 Å². The number of aromatic nitrogens is 6. The van der Waals surface area contributed by atoms with Gasteiger partial charge < -0.3 is 10.6 Å². The zero-order valence-electron chi connectivity index (χ0n) is 21.0. The largest absolute Gasteiger partial charge is 0.368 e. The zero-order valence-corrected chi connectivity index (χ0v) is 21.0. The van der Waals surface area contributed by atoms with Gasteiger partial charge in [-0.2, -0.15) is 15.3 Å². The number of hydrogen-bond acceptors (Lipinski definition) is 8. The minimum absolute atomic E-state index is 0.107. The van der Waals surface area contributed by atoms with Crippen molar-refractivity contribution in [3.05, 3.63) is 88.4 Å². The zero-order chi connectivity index (χ0) is 26.4. The lowest BCUT2D eigenvalue weighted by Gasteiger charge is -2.28. The Morgan fingerprint density at radius 2 is 1.89 bits per heavy atom. The molecule has 6 rings (SSSR count). The second kappa shape index (κ2) is 9.12. The van der Waals surface area contributed by atoms with E-state index in [2.05, 4.69) is 21.1 Å². The highest BCUT2D eigenvalue weighted by molar-refractivity contribution is 5.94. The van der Waals surface area contributed by atoms with Gasteiger partial charge >= 0.3 is 0 Å². The first-order valence-corrected chi connectivity index (χ1v) is 12.4. The summed E-state index contributed by atoms with van der Waals surface area (Å²) in [5.74, 6) is 1.17. The molecule has 2 N–H and O–H groups in total. The second-order valence-electron chi connectivity index (χ2n) is 9.38. The summed E-state index contributed by atoms with van der Waals surface area (Å²) in [5, 5.41) is 14.7. The van der Waals surface area contributed by atoms with Crippen molar-refractivity contribution >= 4 is 22.7 Å². The molecule has 1 atom stereocenters. The van der Waals surface area contributed by atoms with Crippen LogP contribution in [0.2, 0.25) is 0 Å². The fraction of sp³-hybridized carbons (Fsp3) is 0.214. The summed E-state index contributed by atoms with van der Waals surface area (Å²) in [7, 11) is 1.85. The molecule has 4 heterocycles. The summed E-state index contributed by atoms with van der Waals surface area (Å²) in [6.07, 6.45) is 5.22.